The molecule has 0 radical (unpaired) electrons. The summed E-state index contributed by atoms with van der Waals surface area (Å²) in [6.45, 7) is 8.40. The fourth-order valence-electron chi connectivity index (χ4n) is 1.50. The van der Waals surface area contributed by atoms with E-state index in [0.717, 1.165) is 11.3 Å². The molecule has 0 aliphatic heterocycles. The fourth-order valence-corrected chi connectivity index (χ4v) is 1.50. The van der Waals surface area contributed by atoms with Crippen LogP contribution < -0.4 is 15.8 Å². The Balaban J connectivity index is 2.59. The second-order valence-electron chi connectivity index (χ2n) is 4.56. The summed E-state index contributed by atoms with van der Waals surface area (Å²) >= 11 is 0. The summed E-state index contributed by atoms with van der Waals surface area (Å²) in [6, 6.07) is 7.82. The van der Waals surface area contributed by atoms with Gasteiger partial charge in [0.25, 0.3) is 0 Å². The largest absolute Gasteiger partial charge is 0.489 e. The highest BCUT2D eigenvalue weighted by Crippen LogP contribution is 2.17. The van der Waals surface area contributed by atoms with Crippen LogP contribution >= 0.6 is 0 Å². The second kappa shape index (κ2) is 7.59. The van der Waals surface area contributed by atoms with E-state index in [0.29, 0.717) is 23.7 Å². The van der Waals surface area contributed by atoms with Crippen LogP contribution in [0.1, 0.15) is 19.4 Å². The topological polar surface area (TPSA) is 47.3 Å². The van der Waals surface area contributed by atoms with Crippen molar-refractivity contribution in [2.24, 2.45) is 5.73 Å². The van der Waals surface area contributed by atoms with Crippen LogP contribution in [0.5, 0.6) is 5.75 Å². The van der Waals surface area contributed by atoms with Gasteiger partial charge in [-0.1, -0.05) is 6.58 Å². The molecule has 0 atom stereocenters. The predicted molar refractivity (Wildman–Crippen MR) is 77.5 cm³/mol. The van der Waals surface area contributed by atoms with Gasteiger partial charge in [0.2, 0.25) is 0 Å². The molecule has 0 fully saturated rings. The Morgan fingerprint density at radius 1 is 1.42 bits per heavy atom. The van der Waals surface area contributed by atoms with Crippen LogP contribution in [-0.2, 0) is 0 Å². The molecule has 0 unspecified atom stereocenters. The third kappa shape index (κ3) is 5.14. The minimum absolute atomic E-state index is 0.156. The highest BCUT2D eigenvalue weighted by atomic mass is 19.1. The van der Waals surface area contributed by atoms with Gasteiger partial charge in [0.1, 0.15) is 12.4 Å². The molecule has 0 bridgehead atoms. The molecule has 0 aromatic heterocycles. The molecule has 0 aliphatic carbocycles. The number of nitrogens with two attached hydrogens (primary N) is 1. The van der Waals surface area contributed by atoms with Crippen LogP contribution in [0.15, 0.2) is 42.7 Å². The van der Waals surface area contributed by atoms with E-state index >= 15 is 0 Å². The molecular weight excluding hydrogens is 243 g/mol. The van der Waals surface area contributed by atoms with Crippen molar-refractivity contribution in [2.45, 2.75) is 19.9 Å². The van der Waals surface area contributed by atoms with Crippen LogP contribution in [0.2, 0.25) is 0 Å². The zero-order chi connectivity index (χ0) is 14.3. The molecule has 19 heavy (non-hydrogen) atoms. The van der Waals surface area contributed by atoms with E-state index in [-0.39, 0.29) is 13.2 Å². The first-order valence-electron chi connectivity index (χ1n) is 6.23. The molecule has 0 saturated heterocycles. The maximum Gasteiger partial charge on any atom is 0.119 e. The minimum Gasteiger partial charge on any atom is -0.489 e. The van der Waals surface area contributed by atoms with Gasteiger partial charge in [-0.25, -0.2) is 4.39 Å². The fraction of sp³-hybridized carbons (Fsp3) is 0.333. The maximum atomic E-state index is 12.3. The molecule has 0 saturated carbocycles. The lowest BCUT2D eigenvalue weighted by Crippen LogP contribution is -2.20. The van der Waals surface area contributed by atoms with E-state index in [9.17, 15) is 4.39 Å². The summed E-state index contributed by atoms with van der Waals surface area (Å²) in [5, 5.41) is 3.24. The van der Waals surface area contributed by atoms with Gasteiger partial charge in [0, 0.05) is 23.9 Å². The molecule has 0 amide bonds. The summed E-state index contributed by atoms with van der Waals surface area (Å²) in [4.78, 5) is 0. The molecule has 3 nitrogen and oxygen atoms in total. The molecule has 1 rings (SSSR count). The molecule has 1 aromatic rings. The summed E-state index contributed by atoms with van der Waals surface area (Å²) in [5.74, 6) is 0.675. The first kappa shape index (κ1) is 15.2. The molecule has 0 aliphatic rings. The van der Waals surface area contributed by atoms with Crippen molar-refractivity contribution in [3.8, 4) is 5.75 Å². The quantitative estimate of drug-likeness (QED) is 0.796. The summed E-state index contributed by atoms with van der Waals surface area (Å²) < 4.78 is 17.7. The van der Waals surface area contributed by atoms with Gasteiger partial charge >= 0.3 is 0 Å². The minimum atomic E-state index is 0.156. The van der Waals surface area contributed by atoms with Crippen LogP contribution in [0, 0.1) is 0 Å². The van der Waals surface area contributed by atoms with E-state index in [4.69, 9.17) is 10.5 Å². The van der Waals surface area contributed by atoms with Crippen LogP contribution in [0.3, 0.4) is 0 Å². The molecule has 104 valence electrons. The lowest BCUT2D eigenvalue weighted by Gasteiger charge is -2.13. The van der Waals surface area contributed by atoms with Crippen molar-refractivity contribution < 1.29 is 9.13 Å². The molecule has 1 aromatic carbocycles. The average Bonchev–Trinajstić information content (AvgIpc) is 2.39. The zero-order valence-corrected chi connectivity index (χ0v) is 11.4. The second-order valence-corrected chi connectivity index (χ2v) is 4.56. The Morgan fingerprint density at radius 3 is 2.53 bits per heavy atom. The highest BCUT2D eigenvalue weighted by Gasteiger charge is 2.02. The van der Waals surface area contributed by atoms with E-state index in [2.05, 4.69) is 25.7 Å². The third-order valence-corrected chi connectivity index (χ3v) is 2.51. The first-order valence-corrected chi connectivity index (χ1v) is 6.23. The lowest BCUT2D eigenvalue weighted by molar-refractivity contribution is 0.347. The van der Waals surface area contributed by atoms with Crippen molar-refractivity contribution in [1.29, 1.82) is 0 Å². The van der Waals surface area contributed by atoms with Crippen LogP contribution in [-0.4, -0.2) is 19.2 Å². The van der Waals surface area contributed by atoms with Gasteiger partial charge in [-0.05, 0) is 43.7 Å². The number of hydrogen-bond donors (Lipinski definition) is 2. The Bertz CT molecular complexity index is 438. The van der Waals surface area contributed by atoms with Gasteiger partial charge in [-0.2, -0.15) is 0 Å². The molecular formula is C15H21FN2O. The normalized spacial score (nSPS) is 11.5. The van der Waals surface area contributed by atoms with Gasteiger partial charge in [-0.15, -0.1) is 0 Å². The Labute approximate surface area is 114 Å². The Morgan fingerprint density at radius 2 is 2.05 bits per heavy atom. The van der Waals surface area contributed by atoms with Crippen molar-refractivity contribution in [2.75, 3.05) is 13.2 Å². The standard InChI is InChI=1S/C15H21FN2O/c1-11(2)18-12(3)14-4-6-15(7-5-14)19-10-13(8-16)9-17/h4-8,11,18H,3,9-10,17H2,1-2H3/b13-8+. The van der Waals surface area contributed by atoms with Crippen molar-refractivity contribution in [3.63, 3.8) is 0 Å². The zero-order valence-electron chi connectivity index (χ0n) is 11.4. The summed E-state index contributed by atoms with van der Waals surface area (Å²) in [5.41, 5.74) is 7.64. The molecule has 0 spiro atoms. The van der Waals surface area contributed by atoms with Gasteiger partial charge in [0.15, 0.2) is 0 Å². The Kier molecular flexibility index (Phi) is 6.09. The SMILES string of the molecule is C=C(NC(C)C)c1ccc(OC/C(=C/F)CN)cc1. The van der Waals surface area contributed by atoms with E-state index in [1.165, 1.54) is 0 Å². The number of ether oxygens (including phenoxy) is 1. The van der Waals surface area contributed by atoms with Gasteiger partial charge in [0.05, 0.1) is 6.33 Å². The number of hydrogen-bond acceptors (Lipinski definition) is 3. The lowest BCUT2D eigenvalue weighted by atomic mass is 10.1. The van der Waals surface area contributed by atoms with Crippen LogP contribution in [0.25, 0.3) is 5.70 Å². The van der Waals surface area contributed by atoms with Crippen molar-refractivity contribution >= 4 is 5.70 Å². The van der Waals surface area contributed by atoms with Crippen LogP contribution in [0.4, 0.5) is 4.39 Å². The molecule has 3 N–H and O–H groups in total. The maximum absolute atomic E-state index is 12.3. The number of nitrogens with one attached hydrogen (secondary N) is 1. The molecule has 4 heteroatoms. The number of rotatable bonds is 7. The Hall–Kier alpha value is -1.81. The highest BCUT2D eigenvalue weighted by molar-refractivity contribution is 5.62. The average molecular weight is 264 g/mol. The van der Waals surface area contributed by atoms with E-state index in [1.54, 1.807) is 0 Å². The van der Waals surface area contributed by atoms with Gasteiger partial charge < -0.3 is 15.8 Å². The summed E-state index contributed by atoms with van der Waals surface area (Å²) in [6.07, 6.45) is 0.489. The third-order valence-electron chi connectivity index (χ3n) is 2.51. The number of benzene rings is 1. The van der Waals surface area contributed by atoms with Crippen molar-refractivity contribution in [3.05, 3.63) is 48.3 Å². The smallest absolute Gasteiger partial charge is 0.119 e. The van der Waals surface area contributed by atoms with E-state index in [1.807, 2.05) is 24.3 Å². The van der Waals surface area contributed by atoms with Gasteiger partial charge in [-0.3, -0.25) is 0 Å². The first-order chi connectivity index (χ1) is 9.06. The van der Waals surface area contributed by atoms with Crippen molar-refractivity contribution in [1.82, 2.24) is 5.32 Å². The monoisotopic (exact) mass is 264 g/mol. The predicted octanol–water partition coefficient (Wildman–Crippen LogP) is 2.85. The molecule has 0 heterocycles. The summed E-state index contributed by atoms with van der Waals surface area (Å²) in [7, 11) is 0. The number of halogens is 1. The van der Waals surface area contributed by atoms with E-state index < -0.39 is 0 Å².